The van der Waals surface area contributed by atoms with Gasteiger partial charge in [0.2, 0.25) is 9.84 Å². The molecule has 4 heterocycles. The number of ether oxygens (including phenoxy) is 3. The molecule has 4 N–H and O–H groups in total. The number of carbonyl (C=O) groups is 1. The van der Waals surface area contributed by atoms with Crippen LogP contribution < -0.4 is 20.7 Å². The molecule has 0 bridgehead atoms. The molecule has 9 rings (SSSR count). The van der Waals surface area contributed by atoms with Gasteiger partial charge in [-0.15, -0.1) is 0 Å². The van der Waals surface area contributed by atoms with Crippen molar-refractivity contribution in [1.82, 2.24) is 14.9 Å². The lowest BCUT2D eigenvalue weighted by atomic mass is 9.59. The number of pyridine rings is 1. The minimum Gasteiger partial charge on any atom is -0.453 e. The van der Waals surface area contributed by atoms with E-state index in [1.54, 1.807) is 24.4 Å². The van der Waals surface area contributed by atoms with E-state index in [9.17, 15) is 14.9 Å². The van der Waals surface area contributed by atoms with Crippen LogP contribution in [0.15, 0.2) is 94.5 Å². The number of nitrogens with two attached hydrogens (primary N) is 1. The van der Waals surface area contributed by atoms with E-state index in [2.05, 4.69) is 32.3 Å². The third-order valence-corrected chi connectivity index (χ3v) is 14.8. The Kier molecular flexibility index (Phi) is 11.7. The van der Waals surface area contributed by atoms with Crippen LogP contribution in [-0.2, 0) is 19.3 Å². The van der Waals surface area contributed by atoms with Crippen molar-refractivity contribution in [2.24, 2.45) is 11.1 Å². The molecule has 3 aromatic carbocycles. The number of aromatic nitrogens is 2. The number of allylic oxidation sites excluding steroid dienone is 1. The first-order valence-electron chi connectivity index (χ1n) is 21.0. The van der Waals surface area contributed by atoms with Crippen molar-refractivity contribution >= 4 is 61.0 Å². The lowest BCUT2D eigenvalue weighted by molar-refractivity contribution is -0.384. The molecule has 5 aromatic rings. The van der Waals surface area contributed by atoms with Crippen LogP contribution in [0.25, 0.3) is 16.6 Å². The van der Waals surface area contributed by atoms with Gasteiger partial charge >= 0.3 is 0 Å². The maximum Gasteiger partial charge on any atom is 0.293 e. The summed E-state index contributed by atoms with van der Waals surface area (Å²) in [7, 11) is -4.66. The van der Waals surface area contributed by atoms with Gasteiger partial charge in [-0.2, -0.15) is 0 Å². The number of primary amides is 1. The first kappa shape index (κ1) is 41.8. The minimum absolute atomic E-state index is 0.114. The second-order valence-electron chi connectivity index (χ2n) is 16.6. The number of H-pyrrole nitrogens is 1. The summed E-state index contributed by atoms with van der Waals surface area (Å²) >= 11 is 6.29. The van der Waals surface area contributed by atoms with Crippen molar-refractivity contribution in [3.05, 3.63) is 111 Å². The maximum atomic E-state index is 15.2. The summed E-state index contributed by atoms with van der Waals surface area (Å²) in [5, 5.41) is 16.9. The highest BCUT2D eigenvalue weighted by molar-refractivity contribution is 7.91. The lowest BCUT2D eigenvalue weighted by Crippen LogP contribution is -2.47. The Balaban J connectivity index is 1.06. The molecule has 1 atom stereocenters. The molecule has 0 radical (unpaired) electrons. The normalized spacial score (nSPS) is 19.4. The zero-order valence-corrected chi connectivity index (χ0v) is 35.7. The van der Waals surface area contributed by atoms with E-state index < -0.39 is 26.4 Å². The summed E-state index contributed by atoms with van der Waals surface area (Å²) < 4.78 is 47.8. The van der Waals surface area contributed by atoms with E-state index >= 15 is 8.42 Å². The van der Waals surface area contributed by atoms with Gasteiger partial charge in [0, 0.05) is 61.9 Å². The number of nitro groups is 1. The fourth-order valence-corrected chi connectivity index (χ4v) is 11.0. The Hall–Kier alpha value is -5.52. The largest absolute Gasteiger partial charge is 0.453 e. The molecule has 2 aliphatic carbocycles. The third kappa shape index (κ3) is 8.49. The number of hydrogen-bond acceptors (Lipinski definition) is 12. The Labute approximate surface area is 364 Å². The summed E-state index contributed by atoms with van der Waals surface area (Å²) in [6.45, 7) is 4.36. The third-order valence-electron chi connectivity index (χ3n) is 12.8. The van der Waals surface area contributed by atoms with Gasteiger partial charge in [-0.1, -0.05) is 35.7 Å². The highest BCUT2D eigenvalue weighted by Crippen LogP contribution is 2.55. The van der Waals surface area contributed by atoms with Gasteiger partial charge in [-0.3, -0.25) is 19.8 Å². The molecule has 1 amide bonds. The number of halogens is 1. The first-order chi connectivity index (χ1) is 30.0. The van der Waals surface area contributed by atoms with E-state index in [4.69, 9.17) is 31.5 Å². The average molecular weight is 882 g/mol. The SMILES string of the molecule is NC(=O)c1ccc(N2CCN(CC3=C(c4ccc(Cl)cc4)CC4(CCC4)CC3)CC2)c(S(=O)(=O)c2ccc(NC[C@H]3COCCO3)c([N+](=O)[O-])c2)c1Oc1cnc2[nH]ccc2c1. The van der Waals surface area contributed by atoms with Crippen molar-refractivity contribution < 1.29 is 32.3 Å². The molecule has 1 saturated carbocycles. The second kappa shape index (κ2) is 17.3. The average Bonchev–Trinajstić information content (AvgIpc) is 3.74. The van der Waals surface area contributed by atoms with Gasteiger partial charge < -0.3 is 35.1 Å². The van der Waals surface area contributed by atoms with Crippen LogP contribution in [0, 0.1) is 15.5 Å². The molecular weight excluding hydrogens is 834 g/mol. The van der Waals surface area contributed by atoms with Crippen LogP contribution in [0.2, 0.25) is 5.02 Å². The fraction of sp³-hybridized carbons (Fsp3) is 0.378. The Bertz CT molecular complexity index is 2650. The number of carbonyl (C=O) groups excluding carboxylic acids is 1. The van der Waals surface area contributed by atoms with Crippen LogP contribution in [-0.4, -0.2) is 99.3 Å². The van der Waals surface area contributed by atoms with Crippen molar-refractivity contribution in [3.8, 4) is 11.5 Å². The standard InChI is InChI=1S/C45H48ClN7O8S/c46-32-4-2-29(3-5-32)37-24-45(12-1-13-45)14-10-31(37)27-51-16-18-52(19-17-51)39-9-7-36(43(47)54)41(61-33-22-30-11-15-48-44(30)50-25-33)42(39)62(57,58)35-6-8-38(40(23-35)53(55)56)49-26-34-28-59-20-21-60-34/h2-9,11,15,22-23,25,34,49H,1,10,12-14,16-21,24,26-28H2,(H2,47,54)(H,48,50)/t34-/m0/s1. The van der Waals surface area contributed by atoms with Gasteiger partial charge in [0.15, 0.2) is 5.75 Å². The summed E-state index contributed by atoms with van der Waals surface area (Å²) in [4.78, 5) is 36.0. The van der Waals surface area contributed by atoms with Gasteiger partial charge in [0.25, 0.3) is 11.6 Å². The van der Waals surface area contributed by atoms with Crippen LogP contribution in [0.5, 0.6) is 11.5 Å². The first-order valence-corrected chi connectivity index (χ1v) is 22.8. The van der Waals surface area contributed by atoms with Crippen molar-refractivity contribution in [2.75, 3.05) is 69.3 Å². The summed E-state index contributed by atoms with van der Waals surface area (Å²) in [5.74, 6) is -1.04. The number of amides is 1. The number of rotatable bonds is 13. The second-order valence-corrected chi connectivity index (χ2v) is 18.9. The van der Waals surface area contributed by atoms with Gasteiger partial charge in [-0.25, -0.2) is 13.4 Å². The van der Waals surface area contributed by atoms with Gasteiger partial charge in [-0.05, 0) is 97.2 Å². The monoisotopic (exact) mass is 881 g/mol. The topological polar surface area (TPSA) is 195 Å². The van der Waals surface area contributed by atoms with Crippen molar-refractivity contribution in [1.29, 1.82) is 0 Å². The highest BCUT2D eigenvalue weighted by Gasteiger charge is 2.41. The number of benzene rings is 3. The smallest absolute Gasteiger partial charge is 0.293 e. The lowest BCUT2D eigenvalue weighted by Gasteiger charge is -2.47. The Morgan fingerprint density at radius 2 is 1.85 bits per heavy atom. The molecule has 324 valence electrons. The van der Waals surface area contributed by atoms with Gasteiger partial charge in [0.1, 0.15) is 22.0 Å². The Morgan fingerprint density at radius 1 is 1.05 bits per heavy atom. The zero-order valence-electron chi connectivity index (χ0n) is 34.1. The summed E-state index contributed by atoms with van der Waals surface area (Å²) in [6, 6.07) is 18.3. The van der Waals surface area contributed by atoms with E-state index in [0.29, 0.717) is 67.5 Å². The van der Waals surface area contributed by atoms with Crippen molar-refractivity contribution in [3.63, 3.8) is 0 Å². The molecule has 2 aliphatic heterocycles. The quantitative estimate of drug-likeness (QED) is 0.0775. The number of sulfone groups is 1. The molecular formula is C45H48ClN7O8S. The predicted octanol–water partition coefficient (Wildman–Crippen LogP) is 7.61. The van der Waals surface area contributed by atoms with Crippen molar-refractivity contribution in [2.45, 2.75) is 54.4 Å². The summed E-state index contributed by atoms with van der Waals surface area (Å²) in [6.07, 6.45) is 9.87. The predicted molar refractivity (Wildman–Crippen MR) is 236 cm³/mol. The van der Waals surface area contributed by atoms with Crippen LogP contribution in [0.1, 0.15) is 54.4 Å². The number of nitrogens with one attached hydrogen (secondary N) is 2. The Morgan fingerprint density at radius 3 is 2.56 bits per heavy atom. The fourth-order valence-electron chi connectivity index (χ4n) is 9.23. The van der Waals surface area contributed by atoms with E-state index in [1.807, 2.05) is 17.0 Å². The van der Waals surface area contributed by atoms with E-state index in [-0.39, 0.29) is 50.9 Å². The highest BCUT2D eigenvalue weighted by atomic mass is 35.5. The van der Waals surface area contributed by atoms with Crippen LogP contribution in [0.3, 0.4) is 0 Å². The molecule has 2 saturated heterocycles. The number of hydrogen-bond donors (Lipinski definition) is 3. The molecule has 2 aromatic heterocycles. The number of nitro benzene ring substituents is 1. The number of fused-ring (bicyclic) bond motifs is 1. The van der Waals surface area contributed by atoms with E-state index in [1.165, 1.54) is 66.8 Å². The van der Waals surface area contributed by atoms with Crippen LogP contribution >= 0.6 is 11.6 Å². The van der Waals surface area contributed by atoms with Crippen LogP contribution in [0.4, 0.5) is 17.1 Å². The molecule has 62 heavy (non-hydrogen) atoms. The minimum atomic E-state index is -4.66. The number of anilines is 2. The molecule has 17 heteroatoms. The number of nitrogens with zero attached hydrogens (tertiary/aromatic N) is 4. The zero-order chi connectivity index (χ0) is 43.0. The maximum absolute atomic E-state index is 15.2. The molecule has 15 nitrogen and oxygen atoms in total. The molecule has 3 fully saturated rings. The molecule has 1 spiro atoms. The summed E-state index contributed by atoms with van der Waals surface area (Å²) in [5.41, 5.74) is 10.7. The number of piperazine rings is 1. The van der Waals surface area contributed by atoms with Gasteiger partial charge in [0.05, 0.1) is 53.2 Å². The molecule has 4 aliphatic rings. The molecule has 0 unspecified atom stereocenters. The van der Waals surface area contributed by atoms with E-state index in [0.717, 1.165) is 25.5 Å². The number of aromatic amines is 1.